The third kappa shape index (κ3) is 4.10. The van der Waals surface area contributed by atoms with Crippen LogP contribution in [0, 0.1) is 35.5 Å². The molecule has 6 atom stereocenters. The van der Waals surface area contributed by atoms with E-state index in [2.05, 4.69) is 0 Å². The van der Waals surface area contributed by atoms with Crippen molar-refractivity contribution in [3.8, 4) is 0 Å². The lowest BCUT2D eigenvalue weighted by molar-refractivity contribution is 0.231. The molecule has 0 aromatic heterocycles. The summed E-state index contributed by atoms with van der Waals surface area (Å²) in [6, 6.07) is 1.01. The molecule has 4 saturated carbocycles. The Balaban J connectivity index is 1.26. The van der Waals surface area contributed by atoms with Gasteiger partial charge in [-0.15, -0.1) is 0 Å². The molecule has 4 N–H and O–H groups in total. The maximum atomic E-state index is 6.75. The van der Waals surface area contributed by atoms with Gasteiger partial charge >= 0.3 is 0 Å². The third-order valence-corrected chi connectivity index (χ3v) is 8.92. The Hall–Kier alpha value is -0.0800. The van der Waals surface area contributed by atoms with Crippen molar-refractivity contribution in [1.82, 2.24) is 0 Å². The summed E-state index contributed by atoms with van der Waals surface area (Å²) >= 11 is 0. The van der Waals surface area contributed by atoms with Gasteiger partial charge in [0.2, 0.25) is 0 Å². The van der Waals surface area contributed by atoms with Gasteiger partial charge in [0.15, 0.2) is 0 Å². The first-order chi connectivity index (χ1) is 12.2. The molecule has 4 aliphatic rings. The minimum Gasteiger partial charge on any atom is -0.327 e. The Morgan fingerprint density at radius 2 is 0.840 bits per heavy atom. The van der Waals surface area contributed by atoms with Crippen LogP contribution in [0.5, 0.6) is 0 Å². The highest BCUT2D eigenvalue weighted by molar-refractivity contribution is 4.94. The molecule has 25 heavy (non-hydrogen) atoms. The summed E-state index contributed by atoms with van der Waals surface area (Å²) in [5.74, 6) is 5.29. The molecule has 0 bridgehead atoms. The van der Waals surface area contributed by atoms with Gasteiger partial charge in [-0.05, 0) is 99.7 Å². The van der Waals surface area contributed by atoms with Crippen molar-refractivity contribution >= 4 is 0 Å². The van der Waals surface area contributed by atoms with Crippen LogP contribution in [0.4, 0.5) is 0 Å². The van der Waals surface area contributed by atoms with E-state index in [4.69, 9.17) is 11.5 Å². The number of hydrogen-bond acceptors (Lipinski definition) is 2. The molecule has 2 heteroatoms. The van der Waals surface area contributed by atoms with Gasteiger partial charge in [-0.25, -0.2) is 0 Å². The molecule has 4 fully saturated rings. The van der Waals surface area contributed by atoms with Gasteiger partial charge in [-0.2, -0.15) is 0 Å². The van der Waals surface area contributed by atoms with Gasteiger partial charge in [0.25, 0.3) is 0 Å². The van der Waals surface area contributed by atoms with Crippen LogP contribution in [0.25, 0.3) is 0 Å². The molecule has 6 unspecified atom stereocenters. The molecule has 0 aromatic rings. The Bertz CT molecular complexity index is 410. The topological polar surface area (TPSA) is 52.0 Å². The Kier molecular flexibility index (Phi) is 6.07. The molecule has 0 radical (unpaired) electrons. The van der Waals surface area contributed by atoms with E-state index in [9.17, 15) is 0 Å². The Morgan fingerprint density at radius 3 is 1.28 bits per heavy atom. The maximum absolute atomic E-state index is 6.75. The quantitative estimate of drug-likeness (QED) is 0.715. The monoisotopic (exact) mass is 346 g/mol. The SMILES string of the molecule is NC(C1CCCCC1)C1CCC(C2CCC(C(N)C3CCCC3)C2)C1. The molecule has 0 aliphatic heterocycles. The minimum atomic E-state index is 0.503. The van der Waals surface area contributed by atoms with Crippen LogP contribution < -0.4 is 11.5 Å². The third-order valence-electron chi connectivity index (χ3n) is 8.92. The number of rotatable bonds is 5. The van der Waals surface area contributed by atoms with Gasteiger partial charge in [0, 0.05) is 12.1 Å². The van der Waals surface area contributed by atoms with E-state index in [0.29, 0.717) is 12.1 Å². The average Bonchev–Trinajstić information content (AvgIpc) is 3.42. The van der Waals surface area contributed by atoms with E-state index < -0.39 is 0 Å². The summed E-state index contributed by atoms with van der Waals surface area (Å²) in [6.45, 7) is 0. The highest BCUT2D eigenvalue weighted by Gasteiger charge is 2.41. The number of hydrogen-bond donors (Lipinski definition) is 2. The molecule has 144 valence electrons. The largest absolute Gasteiger partial charge is 0.327 e. The van der Waals surface area contributed by atoms with Crippen molar-refractivity contribution in [2.75, 3.05) is 0 Å². The fraction of sp³-hybridized carbons (Fsp3) is 1.00. The zero-order chi connectivity index (χ0) is 17.2. The smallest absolute Gasteiger partial charge is 0.00957 e. The Morgan fingerprint density at radius 1 is 0.440 bits per heavy atom. The molecule has 0 heterocycles. The lowest BCUT2D eigenvalue weighted by Crippen LogP contribution is -2.37. The first-order valence-corrected chi connectivity index (χ1v) is 11.7. The molecule has 2 nitrogen and oxygen atoms in total. The van der Waals surface area contributed by atoms with E-state index in [1.54, 1.807) is 0 Å². The molecule has 0 spiro atoms. The molecule has 4 rings (SSSR count). The van der Waals surface area contributed by atoms with Crippen LogP contribution in [0.2, 0.25) is 0 Å². The summed E-state index contributed by atoms with van der Waals surface area (Å²) in [4.78, 5) is 0. The molecule has 0 amide bonds. The second kappa shape index (κ2) is 8.30. The summed E-state index contributed by atoms with van der Waals surface area (Å²) in [5.41, 5.74) is 13.5. The van der Waals surface area contributed by atoms with Crippen molar-refractivity contribution in [2.24, 2.45) is 47.0 Å². The van der Waals surface area contributed by atoms with Gasteiger partial charge in [0.1, 0.15) is 0 Å². The van der Waals surface area contributed by atoms with E-state index >= 15 is 0 Å². The zero-order valence-electron chi connectivity index (χ0n) is 16.4. The summed E-state index contributed by atoms with van der Waals surface area (Å²) < 4.78 is 0. The van der Waals surface area contributed by atoms with E-state index in [0.717, 1.165) is 35.5 Å². The van der Waals surface area contributed by atoms with Crippen LogP contribution >= 0.6 is 0 Å². The summed E-state index contributed by atoms with van der Waals surface area (Å²) in [7, 11) is 0. The van der Waals surface area contributed by atoms with Crippen molar-refractivity contribution in [3.63, 3.8) is 0 Å². The van der Waals surface area contributed by atoms with Crippen molar-refractivity contribution in [3.05, 3.63) is 0 Å². The lowest BCUT2D eigenvalue weighted by atomic mass is 9.77. The lowest BCUT2D eigenvalue weighted by Gasteiger charge is -2.32. The normalized spacial score (nSPS) is 40.6. The highest BCUT2D eigenvalue weighted by atomic mass is 14.7. The zero-order valence-corrected chi connectivity index (χ0v) is 16.4. The van der Waals surface area contributed by atoms with Crippen LogP contribution in [0.3, 0.4) is 0 Å². The first-order valence-electron chi connectivity index (χ1n) is 11.7. The Labute approximate surface area is 155 Å². The predicted octanol–water partition coefficient (Wildman–Crippen LogP) is 5.24. The second-order valence-electron chi connectivity index (χ2n) is 10.3. The highest BCUT2D eigenvalue weighted by Crippen LogP contribution is 2.48. The maximum Gasteiger partial charge on any atom is 0.00957 e. The molecule has 4 aliphatic carbocycles. The molecular formula is C23H42N2. The average molecular weight is 347 g/mol. The fourth-order valence-electron chi connectivity index (χ4n) is 7.29. The first kappa shape index (κ1) is 18.3. The predicted molar refractivity (Wildman–Crippen MR) is 106 cm³/mol. The van der Waals surface area contributed by atoms with Gasteiger partial charge in [0.05, 0.1) is 0 Å². The summed E-state index contributed by atoms with van der Waals surface area (Å²) in [6.07, 6.45) is 21.4. The van der Waals surface area contributed by atoms with Crippen LogP contribution in [0.1, 0.15) is 96.3 Å². The van der Waals surface area contributed by atoms with E-state index in [-0.39, 0.29) is 0 Å². The van der Waals surface area contributed by atoms with Crippen molar-refractivity contribution in [2.45, 2.75) is 108 Å². The van der Waals surface area contributed by atoms with Crippen LogP contribution in [-0.4, -0.2) is 12.1 Å². The number of nitrogens with two attached hydrogens (primary N) is 2. The minimum absolute atomic E-state index is 0.503. The van der Waals surface area contributed by atoms with Crippen LogP contribution in [-0.2, 0) is 0 Å². The molecular weight excluding hydrogens is 304 g/mol. The molecule has 0 aromatic carbocycles. The van der Waals surface area contributed by atoms with E-state index in [1.807, 2.05) is 0 Å². The van der Waals surface area contributed by atoms with Gasteiger partial charge < -0.3 is 11.5 Å². The van der Waals surface area contributed by atoms with Crippen molar-refractivity contribution in [1.29, 1.82) is 0 Å². The van der Waals surface area contributed by atoms with Gasteiger partial charge in [-0.3, -0.25) is 0 Å². The van der Waals surface area contributed by atoms with Gasteiger partial charge in [-0.1, -0.05) is 32.1 Å². The molecule has 0 saturated heterocycles. The van der Waals surface area contributed by atoms with Crippen LogP contribution in [0.15, 0.2) is 0 Å². The second-order valence-corrected chi connectivity index (χ2v) is 10.3. The fourth-order valence-corrected chi connectivity index (χ4v) is 7.29. The summed E-state index contributed by atoms with van der Waals surface area (Å²) in [5, 5.41) is 0. The standard InChI is InChI=1S/C23H42N2/c24-22(16-6-2-1-3-7-16)20-12-10-18(14-20)19-11-13-21(15-19)23(25)17-8-4-5-9-17/h16-23H,1-15,24-25H2. The van der Waals surface area contributed by atoms with Crippen molar-refractivity contribution < 1.29 is 0 Å². The van der Waals surface area contributed by atoms with E-state index in [1.165, 1.54) is 96.3 Å².